The number of aromatic nitrogens is 2. The number of nitrogens with zero attached hydrogens (tertiary/aromatic N) is 1. The SMILES string of the molecule is c1ccc(-c2ccnc(-c3cccc4c3[nH]c3ccccc34)c2)cc1. The summed E-state index contributed by atoms with van der Waals surface area (Å²) in [5, 5.41) is 2.48. The third-order valence-corrected chi connectivity index (χ3v) is 4.68. The predicted octanol–water partition coefficient (Wildman–Crippen LogP) is 6.05. The maximum Gasteiger partial charge on any atom is 0.0729 e. The molecule has 0 radical (unpaired) electrons. The fourth-order valence-electron chi connectivity index (χ4n) is 3.47. The molecule has 0 aliphatic carbocycles. The molecule has 0 saturated carbocycles. The van der Waals surface area contributed by atoms with Gasteiger partial charge in [-0.1, -0.05) is 66.7 Å². The lowest BCUT2D eigenvalue weighted by Crippen LogP contribution is -1.86. The van der Waals surface area contributed by atoms with Crippen molar-refractivity contribution in [2.75, 3.05) is 0 Å². The van der Waals surface area contributed by atoms with Gasteiger partial charge >= 0.3 is 0 Å². The number of aromatic amines is 1. The van der Waals surface area contributed by atoms with Crippen LogP contribution in [-0.4, -0.2) is 9.97 Å². The van der Waals surface area contributed by atoms with E-state index in [-0.39, 0.29) is 0 Å². The molecule has 3 aromatic carbocycles. The first kappa shape index (κ1) is 14.0. The van der Waals surface area contributed by atoms with E-state index in [0.29, 0.717) is 0 Å². The second-order valence-corrected chi connectivity index (χ2v) is 6.19. The summed E-state index contributed by atoms with van der Waals surface area (Å²) in [7, 11) is 0. The topological polar surface area (TPSA) is 28.7 Å². The number of rotatable bonds is 2. The summed E-state index contributed by atoms with van der Waals surface area (Å²) in [6.07, 6.45) is 1.89. The molecule has 0 atom stereocenters. The van der Waals surface area contributed by atoms with Gasteiger partial charge in [0.25, 0.3) is 0 Å². The van der Waals surface area contributed by atoms with E-state index in [1.54, 1.807) is 0 Å². The summed E-state index contributed by atoms with van der Waals surface area (Å²) in [5.41, 5.74) is 6.80. The van der Waals surface area contributed by atoms with E-state index in [2.05, 4.69) is 88.8 Å². The van der Waals surface area contributed by atoms with Crippen LogP contribution in [-0.2, 0) is 0 Å². The van der Waals surface area contributed by atoms with E-state index in [9.17, 15) is 0 Å². The van der Waals surface area contributed by atoms with Crippen molar-refractivity contribution in [3.63, 3.8) is 0 Å². The van der Waals surface area contributed by atoms with E-state index in [4.69, 9.17) is 0 Å². The molecule has 5 rings (SSSR count). The summed E-state index contributed by atoms with van der Waals surface area (Å²) in [4.78, 5) is 8.20. The van der Waals surface area contributed by atoms with Crippen molar-refractivity contribution in [2.45, 2.75) is 0 Å². The number of pyridine rings is 1. The number of nitrogens with one attached hydrogen (secondary N) is 1. The Morgan fingerprint density at radius 2 is 1.44 bits per heavy atom. The molecule has 2 heteroatoms. The van der Waals surface area contributed by atoms with E-state index in [1.165, 1.54) is 21.9 Å². The third-order valence-electron chi connectivity index (χ3n) is 4.68. The lowest BCUT2D eigenvalue weighted by Gasteiger charge is -2.06. The first-order chi connectivity index (χ1) is 12.4. The molecular weight excluding hydrogens is 304 g/mol. The zero-order valence-corrected chi connectivity index (χ0v) is 13.6. The highest BCUT2D eigenvalue weighted by atomic mass is 14.7. The maximum absolute atomic E-state index is 4.64. The average Bonchev–Trinajstić information content (AvgIpc) is 3.07. The fourth-order valence-corrected chi connectivity index (χ4v) is 3.47. The van der Waals surface area contributed by atoms with Crippen molar-refractivity contribution in [3.8, 4) is 22.4 Å². The van der Waals surface area contributed by atoms with Crippen molar-refractivity contribution in [1.29, 1.82) is 0 Å². The molecule has 5 aromatic rings. The minimum Gasteiger partial charge on any atom is -0.354 e. The summed E-state index contributed by atoms with van der Waals surface area (Å²) >= 11 is 0. The molecule has 0 bridgehead atoms. The molecule has 2 heterocycles. The quantitative estimate of drug-likeness (QED) is 0.421. The van der Waals surface area contributed by atoms with Crippen molar-refractivity contribution in [3.05, 3.63) is 91.1 Å². The van der Waals surface area contributed by atoms with Crippen LogP contribution in [0.5, 0.6) is 0 Å². The standard InChI is InChI=1S/C23H16N2/c1-2-7-16(8-3-1)17-13-14-24-22(15-17)20-11-6-10-19-18-9-4-5-12-21(18)25-23(19)20/h1-15,25H. The van der Waals surface area contributed by atoms with Crippen LogP contribution in [0.15, 0.2) is 91.1 Å². The minimum absolute atomic E-state index is 0.985. The maximum atomic E-state index is 4.64. The first-order valence-corrected chi connectivity index (χ1v) is 8.41. The molecule has 0 saturated heterocycles. The van der Waals surface area contributed by atoms with Gasteiger partial charge in [0, 0.05) is 28.0 Å². The normalized spacial score (nSPS) is 11.2. The van der Waals surface area contributed by atoms with Crippen molar-refractivity contribution >= 4 is 21.8 Å². The molecular formula is C23H16N2. The van der Waals surface area contributed by atoms with Crippen LogP contribution in [0.4, 0.5) is 0 Å². The number of H-pyrrole nitrogens is 1. The van der Waals surface area contributed by atoms with Crippen LogP contribution in [0.2, 0.25) is 0 Å². The fraction of sp³-hybridized carbons (Fsp3) is 0. The Morgan fingerprint density at radius 3 is 2.36 bits per heavy atom. The van der Waals surface area contributed by atoms with Gasteiger partial charge in [-0.3, -0.25) is 4.98 Å². The lowest BCUT2D eigenvalue weighted by molar-refractivity contribution is 1.33. The van der Waals surface area contributed by atoms with Gasteiger partial charge in [-0.25, -0.2) is 0 Å². The zero-order valence-electron chi connectivity index (χ0n) is 13.6. The Hall–Kier alpha value is -3.39. The molecule has 1 N–H and O–H groups in total. The molecule has 0 unspecified atom stereocenters. The predicted molar refractivity (Wildman–Crippen MR) is 104 cm³/mol. The second-order valence-electron chi connectivity index (χ2n) is 6.19. The molecule has 118 valence electrons. The van der Waals surface area contributed by atoms with E-state index in [0.717, 1.165) is 22.3 Å². The average molecular weight is 320 g/mol. The molecule has 25 heavy (non-hydrogen) atoms. The Balaban J connectivity index is 1.74. The molecule has 0 spiro atoms. The van der Waals surface area contributed by atoms with Crippen LogP contribution in [0.1, 0.15) is 0 Å². The number of hydrogen-bond acceptors (Lipinski definition) is 1. The minimum atomic E-state index is 0.985. The molecule has 0 aliphatic rings. The summed E-state index contributed by atoms with van der Waals surface area (Å²) < 4.78 is 0. The number of para-hydroxylation sites is 2. The van der Waals surface area contributed by atoms with Gasteiger partial charge in [0.1, 0.15) is 0 Å². The Labute approximate surface area is 145 Å². The zero-order chi connectivity index (χ0) is 16.6. The molecule has 0 aliphatic heterocycles. The smallest absolute Gasteiger partial charge is 0.0729 e. The third kappa shape index (κ3) is 2.31. The molecule has 0 amide bonds. The Kier molecular flexibility index (Phi) is 3.14. The van der Waals surface area contributed by atoms with E-state index >= 15 is 0 Å². The van der Waals surface area contributed by atoms with Crippen LogP contribution in [0.25, 0.3) is 44.2 Å². The van der Waals surface area contributed by atoms with Crippen LogP contribution in [0.3, 0.4) is 0 Å². The van der Waals surface area contributed by atoms with Crippen LogP contribution >= 0.6 is 0 Å². The van der Waals surface area contributed by atoms with Crippen molar-refractivity contribution in [2.24, 2.45) is 0 Å². The number of hydrogen-bond donors (Lipinski definition) is 1. The molecule has 2 aromatic heterocycles. The van der Waals surface area contributed by atoms with Gasteiger partial charge in [-0.2, -0.15) is 0 Å². The Morgan fingerprint density at radius 1 is 0.640 bits per heavy atom. The van der Waals surface area contributed by atoms with Gasteiger partial charge in [0.05, 0.1) is 11.2 Å². The summed E-state index contributed by atoms with van der Waals surface area (Å²) in [6, 6.07) is 29.5. The van der Waals surface area contributed by atoms with Gasteiger partial charge < -0.3 is 4.98 Å². The second kappa shape index (κ2) is 5.60. The highest BCUT2D eigenvalue weighted by Gasteiger charge is 2.10. The number of fused-ring (bicyclic) bond motifs is 3. The lowest BCUT2D eigenvalue weighted by atomic mass is 10.0. The van der Waals surface area contributed by atoms with Gasteiger partial charge in [0.2, 0.25) is 0 Å². The highest BCUT2D eigenvalue weighted by molar-refractivity contribution is 6.11. The highest BCUT2D eigenvalue weighted by Crippen LogP contribution is 2.33. The van der Waals surface area contributed by atoms with E-state index < -0.39 is 0 Å². The summed E-state index contributed by atoms with van der Waals surface area (Å²) in [5.74, 6) is 0. The van der Waals surface area contributed by atoms with Crippen LogP contribution in [0, 0.1) is 0 Å². The van der Waals surface area contributed by atoms with Gasteiger partial charge in [-0.15, -0.1) is 0 Å². The van der Waals surface area contributed by atoms with E-state index in [1.807, 2.05) is 12.3 Å². The molecule has 0 fully saturated rings. The monoisotopic (exact) mass is 320 g/mol. The first-order valence-electron chi connectivity index (χ1n) is 8.41. The van der Waals surface area contributed by atoms with Gasteiger partial charge in [-0.05, 0) is 29.3 Å². The van der Waals surface area contributed by atoms with Gasteiger partial charge in [0.15, 0.2) is 0 Å². The number of benzene rings is 3. The summed E-state index contributed by atoms with van der Waals surface area (Å²) in [6.45, 7) is 0. The Bertz CT molecular complexity index is 1190. The van der Waals surface area contributed by atoms with Crippen molar-refractivity contribution in [1.82, 2.24) is 9.97 Å². The van der Waals surface area contributed by atoms with Crippen molar-refractivity contribution < 1.29 is 0 Å². The largest absolute Gasteiger partial charge is 0.354 e. The van der Waals surface area contributed by atoms with Crippen LogP contribution < -0.4 is 0 Å². The molecule has 2 nitrogen and oxygen atoms in total.